The zero-order valence-electron chi connectivity index (χ0n) is 11.8. The van der Waals surface area contributed by atoms with Gasteiger partial charge in [0.25, 0.3) is 0 Å². The first-order valence-corrected chi connectivity index (χ1v) is 7.12. The second-order valence-corrected chi connectivity index (χ2v) is 5.10. The van der Waals surface area contributed by atoms with Gasteiger partial charge in [0.15, 0.2) is 5.75 Å². The Morgan fingerprint density at radius 3 is 2.65 bits per heavy atom. The van der Waals surface area contributed by atoms with Gasteiger partial charge in [0.2, 0.25) is 0 Å². The Kier molecular flexibility index (Phi) is 7.33. The maximum Gasteiger partial charge on any atom is 0.311 e. The molecule has 0 aromatic heterocycles. The summed E-state index contributed by atoms with van der Waals surface area (Å²) < 4.78 is 10.8. The van der Waals surface area contributed by atoms with Gasteiger partial charge in [0.1, 0.15) is 6.61 Å². The highest BCUT2D eigenvalue weighted by molar-refractivity contribution is 6.17. The Labute approximate surface area is 124 Å². The van der Waals surface area contributed by atoms with E-state index in [1.54, 1.807) is 12.1 Å². The van der Waals surface area contributed by atoms with Gasteiger partial charge < -0.3 is 9.47 Å². The van der Waals surface area contributed by atoms with E-state index >= 15 is 0 Å². The highest BCUT2D eigenvalue weighted by Crippen LogP contribution is 2.28. The maximum atomic E-state index is 11.0. The third-order valence-corrected chi connectivity index (χ3v) is 3.01. The average molecular weight is 302 g/mol. The fraction of sp³-hybridized carbons (Fsp3) is 0.571. The zero-order valence-corrected chi connectivity index (χ0v) is 12.6. The van der Waals surface area contributed by atoms with Gasteiger partial charge in [-0.1, -0.05) is 19.9 Å². The summed E-state index contributed by atoms with van der Waals surface area (Å²) in [6.07, 6.45) is 0.991. The molecule has 1 aromatic carbocycles. The summed E-state index contributed by atoms with van der Waals surface area (Å²) in [4.78, 5) is 10.5. The van der Waals surface area contributed by atoms with Gasteiger partial charge in [-0.3, -0.25) is 10.1 Å². The first-order chi connectivity index (χ1) is 9.54. The van der Waals surface area contributed by atoms with Crippen molar-refractivity contribution in [2.24, 2.45) is 5.92 Å². The molecule has 0 aliphatic rings. The van der Waals surface area contributed by atoms with Crippen molar-refractivity contribution in [1.82, 2.24) is 0 Å². The Morgan fingerprint density at radius 1 is 1.30 bits per heavy atom. The van der Waals surface area contributed by atoms with Crippen LogP contribution in [0.2, 0.25) is 0 Å². The van der Waals surface area contributed by atoms with Crippen LogP contribution in [-0.4, -0.2) is 24.7 Å². The Balaban J connectivity index is 2.45. The average Bonchev–Trinajstić information content (AvgIpc) is 2.42. The molecule has 0 fully saturated rings. The Bertz CT molecular complexity index is 437. The molecule has 1 aromatic rings. The predicted molar refractivity (Wildman–Crippen MR) is 78.4 cm³/mol. The van der Waals surface area contributed by atoms with E-state index in [-0.39, 0.29) is 17.3 Å². The number of nitrogens with zero attached hydrogens (tertiary/aromatic N) is 1. The van der Waals surface area contributed by atoms with Gasteiger partial charge in [-0.05, 0) is 24.0 Å². The predicted octanol–water partition coefficient (Wildman–Crippen LogP) is 3.78. The smallest absolute Gasteiger partial charge is 0.311 e. The molecule has 0 saturated carbocycles. The van der Waals surface area contributed by atoms with Crippen LogP contribution in [0.1, 0.15) is 25.8 Å². The summed E-state index contributed by atoms with van der Waals surface area (Å²) in [7, 11) is 0. The zero-order chi connectivity index (χ0) is 15.0. The van der Waals surface area contributed by atoms with E-state index in [4.69, 9.17) is 21.1 Å². The van der Waals surface area contributed by atoms with E-state index in [0.29, 0.717) is 31.3 Å². The van der Waals surface area contributed by atoms with Gasteiger partial charge in [0.05, 0.1) is 11.5 Å². The van der Waals surface area contributed by atoms with Crippen LogP contribution in [0.15, 0.2) is 18.2 Å². The van der Waals surface area contributed by atoms with E-state index < -0.39 is 4.92 Å². The summed E-state index contributed by atoms with van der Waals surface area (Å²) in [5, 5.41) is 11.0. The number of rotatable bonds is 9. The highest BCUT2D eigenvalue weighted by Gasteiger charge is 2.15. The summed E-state index contributed by atoms with van der Waals surface area (Å²) in [5.41, 5.74) is 0.629. The fourth-order valence-corrected chi connectivity index (χ4v) is 1.71. The minimum atomic E-state index is -0.467. The molecule has 1 rings (SSSR count). The molecule has 0 bridgehead atoms. The van der Waals surface area contributed by atoms with E-state index in [1.807, 2.05) is 0 Å². The van der Waals surface area contributed by atoms with Crippen LogP contribution in [0.25, 0.3) is 0 Å². The largest absolute Gasteiger partial charge is 0.484 e. The van der Waals surface area contributed by atoms with E-state index in [2.05, 4.69) is 13.8 Å². The van der Waals surface area contributed by atoms with E-state index in [9.17, 15) is 10.1 Å². The monoisotopic (exact) mass is 301 g/mol. The molecule has 5 nitrogen and oxygen atoms in total. The Morgan fingerprint density at radius 2 is 2.05 bits per heavy atom. The van der Waals surface area contributed by atoms with Crippen LogP contribution >= 0.6 is 11.6 Å². The van der Waals surface area contributed by atoms with Crippen molar-refractivity contribution in [3.05, 3.63) is 33.9 Å². The fourth-order valence-electron chi connectivity index (χ4n) is 1.54. The van der Waals surface area contributed by atoms with Crippen LogP contribution in [0.4, 0.5) is 5.69 Å². The minimum absolute atomic E-state index is 0.0645. The molecule has 0 atom stereocenters. The molecule has 112 valence electrons. The van der Waals surface area contributed by atoms with Gasteiger partial charge in [0, 0.05) is 18.6 Å². The second-order valence-electron chi connectivity index (χ2n) is 4.84. The van der Waals surface area contributed by atoms with Crippen LogP contribution in [0.3, 0.4) is 0 Å². The second kappa shape index (κ2) is 8.76. The number of nitro benzene ring substituents is 1. The van der Waals surface area contributed by atoms with Gasteiger partial charge in [-0.25, -0.2) is 0 Å². The molecule has 0 aliphatic heterocycles. The van der Waals surface area contributed by atoms with Crippen LogP contribution < -0.4 is 4.74 Å². The van der Waals surface area contributed by atoms with Gasteiger partial charge in [-0.2, -0.15) is 0 Å². The normalized spacial score (nSPS) is 10.8. The van der Waals surface area contributed by atoms with Crippen LogP contribution in [0, 0.1) is 16.0 Å². The summed E-state index contributed by atoms with van der Waals surface area (Å²) >= 11 is 5.66. The summed E-state index contributed by atoms with van der Waals surface area (Å²) in [5.74, 6) is 1.08. The summed E-state index contributed by atoms with van der Waals surface area (Å²) in [6.45, 7) is 5.64. The molecular formula is C14H20ClNO4. The molecule has 0 radical (unpaired) electrons. The third kappa shape index (κ3) is 5.75. The molecule has 0 N–H and O–H groups in total. The number of benzene rings is 1. The lowest BCUT2D eigenvalue weighted by Crippen LogP contribution is -2.09. The van der Waals surface area contributed by atoms with Crippen molar-refractivity contribution in [1.29, 1.82) is 0 Å². The lowest BCUT2D eigenvalue weighted by atomic mass is 10.1. The van der Waals surface area contributed by atoms with Crippen molar-refractivity contribution in [2.75, 3.05) is 19.8 Å². The van der Waals surface area contributed by atoms with E-state index in [0.717, 1.165) is 6.42 Å². The minimum Gasteiger partial charge on any atom is -0.484 e. The lowest BCUT2D eigenvalue weighted by Gasteiger charge is -2.09. The van der Waals surface area contributed by atoms with Crippen molar-refractivity contribution in [3.63, 3.8) is 0 Å². The number of hydrogen-bond acceptors (Lipinski definition) is 4. The number of hydrogen-bond donors (Lipinski definition) is 0. The molecule has 0 saturated heterocycles. The van der Waals surface area contributed by atoms with Crippen molar-refractivity contribution in [3.8, 4) is 5.75 Å². The lowest BCUT2D eigenvalue weighted by molar-refractivity contribution is -0.385. The first kappa shape index (κ1) is 16.7. The molecule has 0 unspecified atom stereocenters. The van der Waals surface area contributed by atoms with Crippen molar-refractivity contribution < 1.29 is 14.4 Å². The molecule has 0 aliphatic carbocycles. The number of alkyl halides is 1. The summed E-state index contributed by atoms with van der Waals surface area (Å²) in [6, 6.07) is 4.72. The number of nitro groups is 1. The number of ether oxygens (including phenoxy) is 2. The topological polar surface area (TPSA) is 61.6 Å². The molecular weight excluding hydrogens is 282 g/mol. The molecule has 20 heavy (non-hydrogen) atoms. The molecule has 0 heterocycles. The molecule has 0 amide bonds. The third-order valence-electron chi connectivity index (χ3n) is 2.70. The van der Waals surface area contributed by atoms with Crippen molar-refractivity contribution >= 4 is 17.3 Å². The van der Waals surface area contributed by atoms with Crippen LogP contribution in [0.5, 0.6) is 5.75 Å². The quantitative estimate of drug-likeness (QED) is 0.301. The SMILES string of the molecule is CC(C)CCOCCOc1ccc(CCl)cc1[N+](=O)[O-]. The van der Waals surface area contributed by atoms with Crippen molar-refractivity contribution in [2.45, 2.75) is 26.1 Å². The van der Waals surface area contributed by atoms with Crippen LogP contribution in [-0.2, 0) is 10.6 Å². The van der Waals surface area contributed by atoms with Gasteiger partial charge in [-0.15, -0.1) is 11.6 Å². The van der Waals surface area contributed by atoms with Gasteiger partial charge >= 0.3 is 5.69 Å². The highest BCUT2D eigenvalue weighted by atomic mass is 35.5. The first-order valence-electron chi connectivity index (χ1n) is 6.58. The molecule has 0 spiro atoms. The van der Waals surface area contributed by atoms with E-state index in [1.165, 1.54) is 6.07 Å². The maximum absolute atomic E-state index is 11.0. The number of halogens is 1. The Hall–Kier alpha value is -1.33. The molecule has 6 heteroatoms. The standard InChI is InChI=1S/C14H20ClNO4/c1-11(2)5-6-19-7-8-20-14-4-3-12(10-15)9-13(14)16(17)18/h3-4,9,11H,5-8,10H2,1-2H3.